The van der Waals surface area contributed by atoms with Crippen molar-refractivity contribution < 1.29 is 0 Å². The van der Waals surface area contributed by atoms with Gasteiger partial charge in [0.05, 0.1) is 0 Å². The van der Waals surface area contributed by atoms with Gasteiger partial charge in [0.25, 0.3) is 0 Å². The zero-order valence-corrected chi connectivity index (χ0v) is 9.17. The Morgan fingerprint density at radius 3 is 2.31 bits per heavy atom. The summed E-state index contributed by atoms with van der Waals surface area (Å²) in [6, 6.07) is 0.603. The second-order valence-corrected chi connectivity index (χ2v) is 3.90. The molecule has 1 fully saturated rings. The molecule has 0 aromatic carbocycles. The molecule has 1 heterocycles. The summed E-state index contributed by atoms with van der Waals surface area (Å²) >= 11 is 0. The Hall–Kier alpha value is -0.160. The molecule has 78 valence electrons. The van der Waals surface area contributed by atoms with Crippen LogP contribution in [-0.2, 0) is 0 Å². The van der Waals surface area contributed by atoms with Gasteiger partial charge in [0, 0.05) is 25.7 Å². The van der Waals surface area contributed by atoms with Crippen molar-refractivity contribution in [1.82, 2.24) is 20.9 Å². The number of hydrogen-bond acceptors (Lipinski definition) is 4. The van der Waals surface area contributed by atoms with Crippen LogP contribution in [0, 0.1) is 5.92 Å². The first kappa shape index (κ1) is 10.9. The fourth-order valence-corrected chi connectivity index (χ4v) is 1.86. The van der Waals surface area contributed by atoms with E-state index in [9.17, 15) is 0 Å². The highest BCUT2D eigenvalue weighted by atomic mass is 15.6. The van der Waals surface area contributed by atoms with Gasteiger partial charge >= 0.3 is 0 Å². The normalized spacial score (nSPS) is 27.0. The largest absolute Gasteiger partial charge is 0.258 e. The van der Waals surface area contributed by atoms with Crippen molar-refractivity contribution in [2.45, 2.75) is 19.9 Å². The van der Waals surface area contributed by atoms with E-state index in [1.165, 1.54) is 0 Å². The Morgan fingerprint density at radius 1 is 1.15 bits per heavy atom. The van der Waals surface area contributed by atoms with Gasteiger partial charge in [-0.15, -0.1) is 0 Å². The van der Waals surface area contributed by atoms with Crippen molar-refractivity contribution in [3.63, 3.8) is 0 Å². The molecule has 0 aromatic rings. The fourth-order valence-electron chi connectivity index (χ4n) is 1.86. The van der Waals surface area contributed by atoms with Gasteiger partial charge in [-0.1, -0.05) is 13.8 Å². The topological polar surface area (TPSA) is 30.5 Å². The van der Waals surface area contributed by atoms with Crippen LogP contribution in [0.5, 0.6) is 0 Å². The zero-order valence-electron chi connectivity index (χ0n) is 9.17. The van der Waals surface area contributed by atoms with E-state index >= 15 is 0 Å². The molecule has 1 unspecified atom stereocenters. The summed E-state index contributed by atoms with van der Waals surface area (Å²) in [6.07, 6.45) is 0. The van der Waals surface area contributed by atoms with E-state index in [0.717, 1.165) is 19.6 Å². The van der Waals surface area contributed by atoms with Crippen LogP contribution in [0.1, 0.15) is 13.8 Å². The number of rotatable bonds is 3. The number of piperazine rings is 1. The lowest BCUT2D eigenvalue weighted by molar-refractivity contribution is 0.000918. The minimum atomic E-state index is 0.603. The first-order valence-electron chi connectivity index (χ1n) is 5.05. The summed E-state index contributed by atoms with van der Waals surface area (Å²) in [6.45, 7) is 7.80. The van der Waals surface area contributed by atoms with Crippen molar-refractivity contribution in [2.24, 2.45) is 5.92 Å². The molecule has 2 N–H and O–H groups in total. The third-order valence-corrected chi connectivity index (χ3v) is 2.79. The smallest absolute Gasteiger partial charge is 0.0408 e. The van der Waals surface area contributed by atoms with Crippen LogP contribution in [0.2, 0.25) is 0 Å². The zero-order chi connectivity index (χ0) is 9.84. The highest BCUT2D eigenvalue weighted by Crippen LogP contribution is 2.13. The van der Waals surface area contributed by atoms with Gasteiger partial charge < -0.3 is 0 Å². The Bertz CT molecular complexity index is 149. The van der Waals surface area contributed by atoms with E-state index < -0.39 is 0 Å². The number of hydrogen-bond donors (Lipinski definition) is 2. The van der Waals surface area contributed by atoms with E-state index in [0.29, 0.717) is 12.0 Å². The molecule has 13 heavy (non-hydrogen) atoms. The lowest BCUT2D eigenvalue weighted by atomic mass is 10.0. The molecule has 1 saturated heterocycles. The average molecular weight is 186 g/mol. The summed E-state index contributed by atoms with van der Waals surface area (Å²) in [7, 11) is 4.00. The predicted octanol–water partition coefficient (Wildman–Crippen LogP) is -0.103. The van der Waals surface area contributed by atoms with Crippen LogP contribution in [-0.4, -0.2) is 49.8 Å². The van der Waals surface area contributed by atoms with Gasteiger partial charge in [0.2, 0.25) is 0 Å². The lowest BCUT2D eigenvalue weighted by Gasteiger charge is -2.42. The molecule has 0 saturated carbocycles. The van der Waals surface area contributed by atoms with E-state index in [2.05, 4.69) is 34.7 Å². The summed E-state index contributed by atoms with van der Waals surface area (Å²) < 4.78 is 0. The van der Waals surface area contributed by atoms with Gasteiger partial charge in [-0.25, -0.2) is 10.0 Å². The molecular weight excluding hydrogens is 164 g/mol. The summed E-state index contributed by atoms with van der Waals surface area (Å²) in [5.41, 5.74) is 6.47. The van der Waals surface area contributed by atoms with Crippen LogP contribution in [0.3, 0.4) is 0 Å². The summed E-state index contributed by atoms with van der Waals surface area (Å²) in [5.74, 6) is 0.684. The van der Waals surface area contributed by atoms with Crippen molar-refractivity contribution in [3.8, 4) is 0 Å². The SMILES string of the molecule is CNN1CCN(NC)C(C(C)C)C1. The van der Waals surface area contributed by atoms with Crippen molar-refractivity contribution in [1.29, 1.82) is 0 Å². The number of nitrogens with zero attached hydrogens (tertiary/aromatic N) is 2. The Kier molecular flexibility index (Phi) is 4.12. The minimum absolute atomic E-state index is 0.603. The first-order chi connectivity index (χ1) is 6.19. The average Bonchev–Trinajstić information content (AvgIpc) is 2.16. The van der Waals surface area contributed by atoms with Gasteiger partial charge in [-0.2, -0.15) is 0 Å². The molecule has 0 radical (unpaired) electrons. The van der Waals surface area contributed by atoms with Crippen LogP contribution in [0.15, 0.2) is 0 Å². The third-order valence-electron chi connectivity index (χ3n) is 2.79. The first-order valence-corrected chi connectivity index (χ1v) is 5.05. The van der Waals surface area contributed by atoms with Crippen molar-refractivity contribution in [2.75, 3.05) is 33.7 Å². The quantitative estimate of drug-likeness (QED) is 0.644. The van der Waals surface area contributed by atoms with E-state index in [4.69, 9.17) is 0 Å². The molecule has 1 aliphatic rings. The molecule has 0 bridgehead atoms. The van der Waals surface area contributed by atoms with Crippen LogP contribution < -0.4 is 10.9 Å². The highest BCUT2D eigenvalue weighted by Gasteiger charge is 2.27. The minimum Gasteiger partial charge on any atom is -0.258 e. The fraction of sp³-hybridized carbons (Fsp3) is 1.00. The molecule has 1 atom stereocenters. The van der Waals surface area contributed by atoms with Gasteiger partial charge in [0.1, 0.15) is 0 Å². The molecule has 4 heteroatoms. The van der Waals surface area contributed by atoms with Gasteiger partial charge in [-0.05, 0) is 20.0 Å². The van der Waals surface area contributed by atoms with E-state index in [1.807, 2.05) is 14.1 Å². The van der Waals surface area contributed by atoms with Crippen molar-refractivity contribution in [3.05, 3.63) is 0 Å². The van der Waals surface area contributed by atoms with Crippen LogP contribution in [0.25, 0.3) is 0 Å². The van der Waals surface area contributed by atoms with Crippen LogP contribution >= 0.6 is 0 Å². The highest BCUT2D eigenvalue weighted by molar-refractivity contribution is 4.80. The standard InChI is InChI=1S/C9H22N4/c1-8(2)9-7-12(10-3)5-6-13(9)11-4/h8-11H,5-7H2,1-4H3. The van der Waals surface area contributed by atoms with E-state index in [-0.39, 0.29) is 0 Å². The predicted molar refractivity (Wildman–Crippen MR) is 55.0 cm³/mol. The number of hydrazine groups is 2. The maximum absolute atomic E-state index is 3.26. The maximum Gasteiger partial charge on any atom is 0.0408 e. The summed E-state index contributed by atoms with van der Waals surface area (Å²) in [5, 5.41) is 4.61. The van der Waals surface area contributed by atoms with E-state index in [1.54, 1.807) is 0 Å². The molecule has 1 aliphatic heterocycles. The molecule has 0 aromatic heterocycles. The Labute approximate surface area is 81.2 Å². The molecule has 0 amide bonds. The Morgan fingerprint density at radius 2 is 1.85 bits per heavy atom. The Balaban J connectivity index is 2.52. The van der Waals surface area contributed by atoms with Gasteiger partial charge in [0.15, 0.2) is 0 Å². The maximum atomic E-state index is 3.26. The molecule has 0 spiro atoms. The lowest BCUT2D eigenvalue weighted by Crippen LogP contribution is -2.61. The van der Waals surface area contributed by atoms with Crippen molar-refractivity contribution >= 4 is 0 Å². The second kappa shape index (κ2) is 4.91. The van der Waals surface area contributed by atoms with Crippen LogP contribution in [0.4, 0.5) is 0 Å². The third kappa shape index (κ3) is 2.64. The number of nitrogens with one attached hydrogen (secondary N) is 2. The summed E-state index contributed by atoms with van der Waals surface area (Å²) in [4.78, 5) is 0. The molecular formula is C9H22N4. The molecule has 0 aliphatic carbocycles. The molecule has 1 rings (SSSR count). The molecule has 4 nitrogen and oxygen atoms in total. The second-order valence-electron chi connectivity index (χ2n) is 3.90. The monoisotopic (exact) mass is 186 g/mol. The van der Waals surface area contributed by atoms with Gasteiger partial charge in [-0.3, -0.25) is 10.9 Å².